The van der Waals surface area contributed by atoms with Crippen LogP contribution in [0.25, 0.3) is 0 Å². The molecule has 0 radical (unpaired) electrons. The van der Waals surface area contributed by atoms with Gasteiger partial charge in [-0.2, -0.15) is 0 Å². The van der Waals surface area contributed by atoms with Gasteiger partial charge in [-0.15, -0.1) is 24.0 Å². The van der Waals surface area contributed by atoms with Crippen molar-refractivity contribution in [2.45, 2.75) is 52.6 Å². The van der Waals surface area contributed by atoms with Gasteiger partial charge >= 0.3 is 12.1 Å². The summed E-state index contributed by atoms with van der Waals surface area (Å²) in [5.41, 5.74) is -0.503. The number of esters is 1. The molecule has 1 aliphatic heterocycles. The van der Waals surface area contributed by atoms with Crippen molar-refractivity contribution in [3.8, 4) is 0 Å². The average molecular weight is 512 g/mol. The first-order valence-corrected chi connectivity index (χ1v) is 9.73. The van der Waals surface area contributed by atoms with Crippen LogP contribution >= 0.6 is 24.0 Å². The van der Waals surface area contributed by atoms with Gasteiger partial charge in [-0.3, -0.25) is 9.79 Å². The van der Waals surface area contributed by atoms with Crippen LogP contribution < -0.4 is 5.32 Å². The molecule has 1 heterocycles. The lowest BCUT2D eigenvalue weighted by Gasteiger charge is -2.33. The highest BCUT2D eigenvalue weighted by molar-refractivity contribution is 14.0. The fourth-order valence-corrected chi connectivity index (χ4v) is 3.02. The third-order valence-electron chi connectivity index (χ3n) is 4.35. The molecule has 0 atom stereocenters. The first-order chi connectivity index (χ1) is 12.7. The van der Waals surface area contributed by atoms with E-state index in [0.29, 0.717) is 19.6 Å². The van der Waals surface area contributed by atoms with Crippen LogP contribution in [-0.2, 0) is 14.3 Å². The first-order valence-electron chi connectivity index (χ1n) is 9.73. The van der Waals surface area contributed by atoms with Gasteiger partial charge < -0.3 is 24.6 Å². The number of aliphatic imine (C=N–C) groups is 1. The van der Waals surface area contributed by atoms with Crippen molar-refractivity contribution in [2.24, 2.45) is 10.9 Å². The molecule has 1 amide bonds. The molecule has 1 rings (SSSR count). The summed E-state index contributed by atoms with van der Waals surface area (Å²) in [4.78, 5) is 32.1. The fraction of sp³-hybridized carbons (Fsp3) is 0.842. The van der Waals surface area contributed by atoms with Crippen LogP contribution in [0.2, 0.25) is 0 Å². The summed E-state index contributed by atoms with van der Waals surface area (Å²) in [6, 6.07) is 0. The van der Waals surface area contributed by atoms with Crippen LogP contribution in [0.4, 0.5) is 4.79 Å². The zero-order valence-electron chi connectivity index (χ0n) is 18.1. The maximum absolute atomic E-state index is 12.3. The molecule has 0 aromatic rings. The molecule has 1 N–H and O–H groups in total. The van der Waals surface area contributed by atoms with Gasteiger partial charge in [-0.25, -0.2) is 4.79 Å². The Hall–Kier alpha value is -1.26. The molecule has 8 nitrogen and oxygen atoms in total. The molecular weight excluding hydrogens is 475 g/mol. The Balaban J connectivity index is 0.00000729. The Morgan fingerprint density at radius 3 is 2.29 bits per heavy atom. The van der Waals surface area contributed by atoms with E-state index in [1.807, 2.05) is 27.7 Å². The van der Waals surface area contributed by atoms with Crippen LogP contribution in [0.5, 0.6) is 0 Å². The normalized spacial score (nSPS) is 15.5. The number of carbonyl (C=O) groups is 2. The maximum Gasteiger partial charge on any atom is 0.410 e. The second-order valence-corrected chi connectivity index (χ2v) is 7.73. The van der Waals surface area contributed by atoms with E-state index in [9.17, 15) is 9.59 Å². The van der Waals surface area contributed by atoms with E-state index in [2.05, 4.69) is 15.2 Å². The lowest BCUT2D eigenvalue weighted by molar-refractivity contribution is -0.146. The number of amides is 1. The van der Waals surface area contributed by atoms with Crippen LogP contribution in [0.1, 0.15) is 47.0 Å². The number of rotatable bonds is 6. The van der Waals surface area contributed by atoms with E-state index >= 15 is 0 Å². The van der Waals surface area contributed by atoms with Crippen molar-refractivity contribution >= 4 is 42.0 Å². The zero-order valence-corrected chi connectivity index (χ0v) is 20.4. The monoisotopic (exact) mass is 512 g/mol. The van der Waals surface area contributed by atoms with Crippen molar-refractivity contribution in [3.05, 3.63) is 0 Å². The quantitative estimate of drug-likeness (QED) is 0.255. The number of nitrogens with one attached hydrogen (secondary N) is 1. The van der Waals surface area contributed by atoms with Gasteiger partial charge in [-0.1, -0.05) is 6.92 Å². The van der Waals surface area contributed by atoms with E-state index in [4.69, 9.17) is 9.47 Å². The molecule has 0 spiro atoms. The number of carbonyl (C=O) groups excluding carboxylic acids is 2. The molecule has 9 heteroatoms. The number of halogens is 1. The standard InChI is InChI=1S/C19H36N4O4.HI/c1-7-11-23(18(25)27-19(2,3)4)14-10-21-17(20-5)22-12-8-15(9-13-22)16(24)26-6;/h15H,7-14H2,1-6H3,(H,20,21);1H. The maximum atomic E-state index is 12.3. The van der Waals surface area contributed by atoms with Crippen molar-refractivity contribution in [1.82, 2.24) is 15.1 Å². The minimum Gasteiger partial charge on any atom is -0.469 e. The molecule has 1 saturated heterocycles. The molecule has 0 aromatic heterocycles. The third kappa shape index (κ3) is 9.29. The summed E-state index contributed by atoms with van der Waals surface area (Å²) in [6.07, 6.45) is 2.09. The minimum absolute atomic E-state index is 0. The van der Waals surface area contributed by atoms with Gasteiger partial charge in [0.25, 0.3) is 0 Å². The number of hydrogen-bond acceptors (Lipinski definition) is 5. The summed E-state index contributed by atoms with van der Waals surface area (Å²) >= 11 is 0. The van der Waals surface area contributed by atoms with Crippen LogP contribution in [0, 0.1) is 5.92 Å². The van der Waals surface area contributed by atoms with Gasteiger partial charge in [0.2, 0.25) is 0 Å². The summed E-state index contributed by atoms with van der Waals surface area (Å²) < 4.78 is 10.3. The zero-order chi connectivity index (χ0) is 20.4. The molecule has 0 aromatic carbocycles. The Morgan fingerprint density at radius 1 is 1.21 bits per heavy atom. The van der Waals surface area contributed by atoms with Gasteiger partial charge in [0.15, 0.2) is 5.96 Å². The molecule has 164 valence electrons. The van der Waals surface area contributed by atoms with Gasteiger partial charge in [0.05, 0.1) is 13.0 Å². The lowest BCUT2D eigenvalue weighted by atomic mass is 9.97. The topological polar surface area (TPSA) is 83.5 Å². The van der Waals surface area contributed by atoms with E-state index in [1.165, 1.54) is 7.11 Å². The first kappa shape index (κ1) is 26.7. The summed E-state index contributed by atoms with van der Waals surface area (Å²) in [5.74, 6) is 0.626. The van der Waals surface area contributed by atoms with E-state index in [-0.39, 0.29) is 42.0 Å². The highest BCUT2D eigenvalue weighted by atomic mass is 127. The molecule has 0 unspecified atom stereocenters. The second-order valence-electron chi connectivity index (χ2n) is 7.73. The van der Waals surface area contributed by atoms with E-state index in [0.717, 1.165) is 38.3 Å². The van der Waals surface area contributed by atoms with Crippen molar-refractivity contribution in [1.29, 1.82) is 0 Å². The molecule has 0 bridgehead atoms. The summed E-state index contributed by atoms with van der Waals surface area (Å²) in [7, 11) is 3.17. The van der Waals surface area contributed by atoms with Gasteiger partial charge in [-0.05, 0) is 40.0 Å². The number of likely N-dealkylation sites (tertiary alicyclic amines) is 1. The largest absolute Gasteiger partial charge is 0.469 e. The van der Waals surface area contributed by atoms with Crippen molar-refractivity contribution in [3.63, 3.8) is 0 Å². The number of piperidine rings is 1. The molecule has 1 aliphatic rings. The Morgan fingerprint density at radius 2 is 1.82 bits per heavy atom. The summed E-state index contributed by atoms with van der Waals surface area (Å²) in [6.45, 7) is 10.9. The van der Waals surface area contributed by atoms with E-state index < -0.39 is 5.60 Å². The van der Waals surface area contributed by atoms with Crippen LogP contribution in [0.15, 0.2) is 4.99 Å². The summed E-state index contributed by atoms with van der Waals surface area (Å²) in [5, 5.41) is 3.31. The van der Waals surface area contributed by atoms with E-state index in [1.54, 1.807) is 11.9 Å². The minimum atomic E-state index is -0.503. The Kier molecular flexibility index (Phi) is 12.5. The van der Waals surface area contributed by atoms with Crippen molar-refractivity contribution < 1.29 is 19.1 Å². The Labute approximate surface area is 186 Å². The van der Waals surface area contributed by atoms with Crippen LogP contribution in [-0.4, -0.2) is 80.3 Å². The highest BCUT2D eigenvalue weighted by Crippen LogP contribution is 2.18. The molecule has 1 fully saturated rings. The molecule has 28 heavy (non-hydrogen) atoms. The number of nitrogens with zero attached hydrogens (tertiary/aromatic N) is 3. The predicted octanol–water partition coefficient (Wildman–Crippen LogP) is 2.71. The number of ether oxygens (including phenoxy) is 2. The average Bonchev–Trinajstić information content (AvgIpc) is 2.62. The Bertz CT molecular complexity index is 515. The molecular formula is C19H37IN4O4. The fourth-order valence-electron chi connectivity index (χ4n) is 3.02. The third-order valence-corrected chi connectivity index (χ3v) is 4.35. The molecule has 0 saturated carbocycles. The van der Waals surface area contributed by atoms with Crippen molar-refractivity contribution in [2.75, 3.05) is 46.9 Å². The number of methoxy groups -OCH3 is 1. The van der Waals surface area contributed by atoms with Gasteiger partial charge in [0.1, 0.15) is 5.60 Å². The predicted molar refractivity (Wildman–Crippen MR) is 121 cm³/mol. The number of guanidine groups is 1. The van der Waals surface area contributed by atoms with Crippen LogP contribution in [0.3, 0.4) is 0 Å². The molecule has 0 aliphatic carbocycles. The smallest absolute Gasteiger partial charge is 0.410 e. The lowest BCUT2D eigenvalue weighted by Crippen LogP contribution is -2.49. The number of hydrogen-bond donors (Lipinski definition) is 1. The SMILES string of the molecule is CCCN(CCNC(=NC)N1CCC(C(=O)OC)CC1)C(=O)OC(C)(C)C.I. The van der Waals surface area contributed by atoms with Gasteiger partial charge in [0, 0.05) is 39.8 Å². The highest BCUT2D eigenvalue weighted by Gasteiger charge is 2.27. The second kappa shape index (κ2) is 13.1.